The van der Waals surface area contributed by atoms with Crippen molar-refractivity contribution in [1.82, 2.24) is 0 Å². The van der Waals surface area contributed by atoms with Crippen molar-refractivity contribution in [2.24, 2.45) is 5.73 Å². The van der Waals surface area contributed by atoms with E-state index in [1.165, 1.54) is 17.8 Å². The number of halogens is 2. The van der Waals surface area contributed by atoms with Crippen molar-refractivity contribution < 1.29 is 4.39 Å². The van der Waals surface area contributed by atoms with Crippen LogP contribution in [0.3, 0.4) is 0 Å². The van der Waals surface area contributed by atoms with Crippen molar-refractivity contribution in [3.63, 3.8) is 0 Å². The number of nitrogens with two attached hydrogens (primary N) is 1. The third-order valence-corrected chi connectivity index (χ3v) is 3.15. The molecule has 0 aromatic heterocycles. The fourth-order valence-corrected chi connectivity index (χ4v) is 1.84. The van der Waals surface area contributed by atoms with Gasteiger partial charge in [-0.2, -0.15) is 0 Å². The van der Waals surface area contributed by atoms with Gasteiger partial charge in [0.15, 0.2) is 0 Å². The Labute approximate surface area is 86.5 Å². The maximum Gasteiger partial charge on any atom is 0.127 e. The zero-order valence-corrected chi connectivity index (χ0v) is 8.61. The van der Waals surface area contributed by atoms with E-state index < -0.39 is 0 Å². The number of benzene rings is 1. The Hall–Kier alpha value is -0.250. The molecule has 2 N–H and O–H groups in total. The molecule has 13 heavy (non-hydrogen) atoms. The molecule has 0 spiro atoms. The highest BCUT2D eigenvalue weighted by molar-refractivity contribution is 7.99. The largest absolute Gasteiger partial charge is 0.318 e. The number of hydrogen-bond donors (Lipinski definition) is 1. The van der Waals surface area contributed by atoms with Crippen LogP contribution in [0.2, 0.25) is 0 Å². The monoisotopic (exact) mass is 219 g/mol. The molecule has 1 nitrogen and oxygen atoms in total. The van der Waals surface area contributed by atoms with Crippen molar-refractivity contribution in [2.75, 3.05) is 5.88 Å². The average molecular weight is 220 g/mol. The van der Waals surface area contributed by atoms with Gasteiger partial charge < -0.3 is 5.73 Å². The SMILES string of the molecule is NC(CCl)SCc1ccccc1F. The first-order valence-electron chi connectivity index (χ1n) is 3.90. The van der Waals surface area contributed by atoms with Crippen LogP contribution in [-0.2, 0) is 5.75 Å². The van der Waals surface area contributed by atoms with Crippen LogP contribution in [-0.4, -0.2) is 11.3 Å². The van der Waals surface area contributed by atoms with Gasteiger partial charge in [0.05, 0.1) is 5.37 Å². The molecule has 0 amide bonds. The molecule has 72 valence electrons. The van der Waals surface area contributed by atoms with Gasteiger partial charge in [-0.3, -0.25) is 0 Å². The lowest BCUT2D eigenvalue weighted by Crippen LogP contribution is -2.17. The minimum atomic E-state index is -0.184. The van der Waals surface area contributed by atoms with E-state index in [0.29, 0.717) is 17.2 Å². The molecule has 0 heterocycles. The molecule has 0 aliphatic carbocycles. The number of rotatable bonds is 4. The van der Waals surface area contributed by atoms with E-state index >= 15 is 0 Å². The minimum absolute atomic E-state index is 0.124. The van der Waals surface area contributed by atoms with Crippen LogP contribution < -0.4 is 5.73 Å². The smallest absolute Gasteiger partial charge is 0.127 e. The van der Waals surface area contributed by atoms with Gasteiger partial charge in [-0.1, -0.05) is 18.2 Å². The highest BCUT2D eigenvalue weighted by Crippen LogP contribution is 2.17. The fourth-order valence-electron chi connectivity index (χ4n) is 0.857. The van der Waals surface area contributed by atoms with Gasteiger partial charge in [0.25, 0.3) is 0 Å². The molecule has 1 rings (SSSR count). The molecular weight excluding hydrogens is 209 g/mol. The van der Waals surface area contributed by atoms with E-state index in [-0.39, 0.29) is 11.2 Å². The predicted octanol–water partition coefficient (Wildman–Crippen LogP) is 2.58. The van der Waals surface area contributed by atoms with Crippen LogP contribution in [0, 0.1) is 5.82 Å². The molecule has 0 saturated carbocycles. The maximum atomic E-state index is 13.1. The van der Waals surface area contributed by atoms with E-state index in [1.807, 2.05) is 6.07 Å². The summed E-state index contributed by atoms with van der Waals surface area (Å²) in [5.41, 5.74) is 6.25. The quantitative estimate of drug-likeness (QED) is 0.622. The molecule has 0 radical (unpaired) electrons. The van der Waals surface area contributed by atoms with Gasteiger partial charge in [-0.15, -0.1) is 23.4 Å². The van der Waals surface area contributed by atoms with Crippen LogP contribution in [0.15, 0.2) is 24.3 Å². The summed E-state index contributed by atoms with van der Waals surface area (Å²) in [7, 11) is 0. The second-order valence-corrected chi connectivity index (χ2v) is 4.13. The zero-order chi connectivity index (χ0) is 9.68. The van der Waals surface area contributed by atoms with Gasteiger partial charge in [-0.25, -0.2) is 4.39 Å². The first kappa shape index (κ1) is 10.8. The van der Waals surface area contributed by atoms with Gasteiger partial charge in [-0.05, 0) is 11.6 Å². The molecule has 0 aliphatic rings. The second kappa shape index (κ2) is 5.47. The average Bonchev–Trinajstić information content (AvgIpc) is 2.16. The number of alkyl halides is 1. The second-order valence-electron chi connectivity index (χ2n) is 2.60. The highest BCUT2D eigenvalue weighted by atomic mass is 35.5. The summed E-state index contributed by atoms with van der Waals surface area (Å²) >= 11 is 6.97. The zero-order valence-electron chi connectivity index (χ0n) is 7.04. The maximum absolute atomic E-state index is 13.1. The molecule has 0 bridgehead atoms. The molecule has 0 aliphatic heterocycles. The highest BCUT2D eigenvalue weighted by Gasteiger charge is 2.04. The first-order chi connectivity index (χ1) is 6.24. The summed E-state index contributed by atoms with van der Waals surface area (Å²) in [5, 5.41) is -0.124. The predicted molar refractivity (Wildman–Crippen MR) is 56.4 cm³/mol. The van der Waals surface area contributed by atoms with E-state index in [2.05, 4.69) is 0 Å². The molecule has 0 fully saturated rings. The summed E-state index contributed by atoms with van der Waals surface area (Å²) in [5.74, 6) is 0.774. The molecule has 1 atom stereocenters. The Balaban J connectivity index is 2.50. The Morgan fingerprint density at radius 1 is 1.46 bits per heavy atom. The summed E-state index contributed by atoms with van der Waals surface area (Å²) in [6, 6.07) is 6.68. The summed E-state index contributed by atoms with van der Waals surface area (Å²) < 4.78 is 13.1. The standard InChI is InChI=1S/C9H11ClFNS/c10-5-9(12)13-6-7-3-1-2-4-8(7)11/h1-4,9H,5-6,12H2. The van der Waals surface area contributed by atoms with Crippen LogP contribution in [0.25, 0.3) is 0 Å². The molecule has 1 unspecified atom stereocenters. The Morgan fingerprint density at radius 2 is 2.15 bits per heavy atom. The van der Waals surface area contributed by atoms with Crippen LogP contribution >= 0.6 is 23.4 Å². The van der Waals surface area contributed by atoms with Crippen LogP contribution in [0.1, 0.15) is 5.56 Å². The topological polar surface area (TPSA) is 26.0 Å². The van der Waals surface area contributed by atoms with Crippen LogP contribution in [0.4, 0.5) is 4.39 Å². The lowest BCUT2D eigenvalue weighted by Gasteiger charge is -2.07. The minimum Gasteiger partial charge on any atom is -0.318 e. The lowest BCUT2D eigenvalue weighted by molar-refractivity contribution is 0.617. The molecule has 4 heteroatoms. The van der Waals surface area contributed by atoms with Crippen molar-refractivity contribution >= 4 is 23.4 Å². The lowest BCUT2D eigenvalue weighted by atomic mass is 10.2. The van der Waals surface area contributed by atoms with Gasteiger partial charge in [0.2, 0.25) is 0 Å². The molecule has 0 saturated heterocycles. The summed E-state index contributed by atoms with van der Waals surface area (Å²) in [4.78, 5) is 0. The van der Waals surface area contributed by atoms with Crippen molar-refractivity contribution in [2.45, 2.75) is 11.1 Å². The summed E-state index contributed by atoms with van der Waals surface area (Å²) in [6.45, 7) is 0. The van der Waals surface area contributed by atoms with E-state index in [0.717, 1.165) is 0 Å². The Morgan fingerprint density at radius 3 is 2.77 bits per heavy atom. The van der Waals surface area contributed by atoms with E-state index in [4.69, 9.17) is 17.3 Å². The molecule has 1 aromatic rings. The van der Waals surface area contributed by atoms with Crippen molar-refractivity contribution in [3.8, 4) is 0 Å². The van der Waals surface area contributed by atoms with E-state index in [9.17, 15) is 4.39 Å². The summed E-state index contributed by atoms with van der Waals surface area (Å²) in [6.07, 6.45) is 0. The Kier molecular flexibility index (Phi) is 4.56. The van der Waals surface area contributed by atoms with Gasteiger partial charge in [0, 0.05) is 11.6 Å². The third kappa shape index (κ3) is 3.55. The number of thioether (sulfide) groups is 1. The van der Waals surface area contributed by atoms with Crippen LogP contribution in [0.5, 0.6) is 0 Å². The molecular formula is C9H11ClFNS. The van der Waals surface area contributed by atoms with E-state index in [1.54, 1.807) is 12.1 Å². The van der Waals surface area contributed by atoms with Crippen molar-refractivity contribution in [3.05, 3.63) is 35.6 Å². The van der Waals surface area contributed by atoms with Gasteiger partial charge >= 0.3 is 0 Å². The first-order valence-corrected chi connectivity index (χ1v) is 5.49. The Bertz CT molecular complexity index is 270. The molecule has 1 aromatic carbocycles. The van der Waals surface area contributed by atoms with Crippen molar-refractivity contribution in [1.29, 1.82) is 0 Å². The number of hydrogen-bond acceptors (Lipinski definition) is 2. The third-order valence-electron chi connectivity index (χ3n) is 1.56. The van der Waals surface area contributed by atoms with Gasteiger partial charge in [0.1, 0.15) is 5.82 Å². The fraction of sp³-hybridized carbons (Fsp3) is 0.333. The normalized spacial score (nSPS) is 12.8.